The molecule has 62 valence electrons. The molecule has 0 rings (SSSR count). The molecule has 0 aliphatic heterocycles. The monoisotopic (exact) mass is 186 g/mol. The van der Waals surface area contributed by atoms with Gasteiger partial charge < -0.3 is 4.52 Å². The molecule has 0 amide bonds. The molecule has 6 heteroatoms. The van der Waals surface area contributed by atoms with Gasteiger partial charge in [-0.2, -0.15) is 0 Å². The second-order valence-corrected chi connectivity index (χ2v) is 7.05. The molecule has 0 heterocycles. The normalized spacial score (nSPS) is 15.0. The first-order chi connectivity index (χ1) is 4.54. The third-order valence-electron chi connectivity index (χ3n) is 0.896. The fraction of sp³-hybridized carbons (Fsp3) is 1.00. The highest BCUT2D eigenvalue weighted by Crippen LogP contribution is 2.30. The molecule has 4 nitrogen and oxygen atoms in total. The molecule has 0 saturated heterocycles. The van der Waals surface area contributed by atoms with Gasteiger partial charge >= 0.3 is 7.23 Å². The minimum Gasteiger partial charge on any atom is -0.320 e. The highest BCUT2D eigenvalue weighted by Gasteiger charge is 2.16. The van der Waals surface area contributed by atoms with Crippen molar-refractivity contribution in [3.8, 4) is 0 Å². The lowest BCUT2D eigenvalue weighted by Gasteiger charge is -1.99. The van der Waals surface area contributed by atoms with Gasteiger partial charge in [0.05, 0.1) is 12.4 Å². The molecule has 1 unspecified atom stereocenters. The summed E-state index contributed by atoms with van der Waals surface area (Å²) in [4.78, 5) is 0. The van der Waals surface area contributed by atoms with Crippen LogP contribution in [0.15, 0.2) is 0 Å². The van der Waals surface area contributed by atoms with E-state index in [-0.39, 0.29) is 12.4 Å². The summed E-state index contributed by atoms with van der Waals surface area (Å²) in [7, 11) is -6.28. The zero-order valence-electron chi connectivity index (χ0n) is 5.96. The molecule has 0 aliphatic carbocycles. The first kappa shape index (κ1) is 10.1. The van der Waals surface area contributed by atoms with Crippen LogP contribution in [-0.2, 0) is 18.5 Å². The molecule has 0 saturated carbocycles. The van der Waals surface area contributed by atoms with Gasteiger partial charge in [-0.3, -0.25) is 4.57 Å². The van der Waals surface area contributed by atoms with Crippen molar-refractivity contribution in [2.75, 3.05) is 12.4 Å². The SMILES string of the molecule is CCO[PH](=O)S(=O)(=O)CC. The van der Waals surface area contributed by atoms with Crippen LogP contribution in [0.1, 0.15) is 13.8 Å². The second-order valence-electron chi connectivity index (χ2n) is 1.59. The molecule has 0 aromatic heterocycles. The Morgan fingerprint density at radius 2 is 1.90 bits per heavy atom. The molecule has 0 aromatic rings. The average molecular weight is 186 g/mol. The fourth-order valence-electron chi connectivity index (χ4n) is 0.325. The standard InChI is InChI=1S/C4H11O4PS/c1-3-8-9(5)10(6,7)4-2/h9H,3-4H2,1-2H3. The Kier molecular flexibility index (Phi) is 4.17. The topological polar surface area (TPSA) is 60.4 Å². The molecular weight excluding hydrogens is 175 g/mol. The molecule has 0 bridgehead atoms. The van der Waals surface area contributed by atoms with Crippen molar-refractivity contribution in [2.45, 2.75) is 13.8 Å². The third-order valence-corrected chi connectivity index (χ3v) is 5.43. The van der Waals surface area contributed by atoms with Gasteiger partial charge in [0.2, 0.25) is 9.46 Å². The summed E-state index contributed by atoms with van der Waals surface area (Å²) in [6, 6.07) is 0. The van der Waals surface area contributed by atoms with Gasteiger partial charge in [-0.25, -0.2) is 8.42 Å². The summed E-state index contributed by atoms with van der Waals surface area (Å²) in [5.74, 6) is -0.120. The van der Waals surface area contributed by atoms with Crippen LogP contribution in [0.4, 0.5) is 0 Å². The Labute approximate surface area is 61.1 Å². The van der Waals surface area contributed by atoms with Crippen LogP contribution < -0.4 is 0 Å². The second kappa shape index (κ2) is 4.11. The molecule has 0 spiro atoms. The summed E-state index contributed by atoms with van der Waals surface area (Å²) in [5.41, 5.74) is 0. The van der Waals surface area contributed by atoms with E-state index in [4.69, 9.17) is 0 Å². The maximum atomic E-state index is 10.7. The first-order valence-corrected chi connectivity index (χ1v) is 6.63. The van der Waals surface area contributed by atoms with E-state index >= 15 is 0 Å². The Bertz CT molecular complexity index is 207. The largest absolute Gasteiger partial charge is 0.320 e. The fourth-order valence-corrected chi connectivity index (χ4v) is 2.58. The summed E-state index contributed by atoms with van der Waals surface area (Å²) in [6.07, 6.45) is 0. The third kappa shape index (κ3) is 2.82. The van der Waals surface area contributed by atoms with Crippen molar-refractivity contribution in [3.63, 3.8) is 0 Å². The molecule has 0 aliphatic rings. The molecule has 0 aromatic carbocycles. The zero-order valence-corrected chi connectivity index (χ0v) is 7.77. The lowest BCUT2D eigenvalue weighted by atomic mass is 10.9. The van der Waals surface area contributed by atoms with Crippen LogP contribution in [-0.4, -0.2) is 20.8 Å². The number of rotatable bonds is 4. The highest BCUT2D eigenvalue weighted by atomic mass is 32.8. The van der Waals surface area contributed by atoms with Gasteiger partial charge in [0.1, 0.15) is 0 Å². The minimum atomic E-state index is -3.44. The highest BCUT2D eigenvalue weighted by molar-refractivity contribution is 8.44. The van der Waals surface area contributed by atoms with E-state index < -0.39 is 16.7 Å². The Hall–Kier alpha value is 0.140. The minimum absolute atomic E-state index is 0.120. The van der Waals surface area contributed by atoms with Crippen LogP contribution in [0.3, 0.4) is 0 Å². The molecule has 0 radical (unpaired) electrons. The van der Waals surface area contributed by atoms with Crippen LogP contribution in [0.5, 0.6) is 0 Å². The van der Waals surface area contributed by atoms with Crippen molar-refractivity contribution in [3.05, 3.63) is 0 Å². The lowest BCUT2D eigenvalue weighted by Crippen LogP contribution is -1.97. The quantitative estimate of drug-likeness (QED) is 0.610. The van der Waals surface area contributed by atoms with Gasteiger partial charge in [0.25, 0.3) is 0 Å². The summed E-state index contributed by atoms with van der Waals surface area (Å²) in [5, 5.41) is 0. The van der Waals surface area contributed by atoms with Gasteiger partial charge in [-0.1, -0.05) is 6.92 Å². The van der Waals surface area contributed by atoms with Crippen molar-refractivity contribution in [1.29, 1.82) is 0 Å². The van der Waals surface area contributed by atoms with Crippen LogP contribution in [0.25, 0.3) is 0 Å². The summed E-state index contributed by atoms with van der Waals surface area (Å²) >= 11 is 0. The van der Waals surface area contributed by atoms with Gasteiger partial charge in [-0.05, 0) is 6.92 Å². The van der Waals surface area contributed by atoms with E-state index in [2.05, 4.69) is 4.52 Å². The van der Waals surface area contributed by atoms with Crippen molar-refractivity contribution >= 4 is 16.7 Å². The predicted octanol–water partition coefficient (Wildman–Crippen LogP) is 0.847. The van der Waals surface area contributed by atoms with Crippen LogP contribution in [0.2, 0.25) is 0 Å². The van der Waals surface area contributed by atoms with Crippen molar-refractivity contribution in [2.24, 2.45) is 0 Å². The average Bonchev–Trinajstić information content (AvgIpc) is 1.89. The summed E-state index contributed by atoms with van der Waals surface area (Å²) in [6.45, 7) is 3.22. The Morgan fingerprint density at radius 3 is 2.20 bits per heavy atom. The molecule has 10 heavy (non-hydrogen) atoms. The van der Waals surface area contributed by atoms with E-state index in [0.717, 1.165) is 0 Å². The lowest BCUT2D eigenvalue weighted by molar-refractivity contribution is 0.359. The van der Waals surface area contributed by atoms with E-state index in [1.54, 1.807) is 6.92 Å². The van der Waals surface area contributed by atoms with Crippen LogP contribution in [0, 0.1) is 0 Å². The predicted molar refractivity (Wildman–Crippen MR) is 40.1 cm³/mol. The smallest absolute Gasteiger partial charge is 0.302 e. The maximum absolute atomic E-state index is 10.7. The van der Waals surface area contributed by atoms with Crippen molar-refractivity contribution in [1.82, 2.24) is 0 Å². The van der Waals surface area contributed by atoms with E-state index in [9.17, 15) is 13.0 Å². The van der Waals surface area contributed by atoms with Crippen molar-refractivity contribution < 1.29 is 17.5 Å². The van der Waals surface area contributed by atoms with Crippen LogP contribution >= 0.6 is 7.23 Å². The number of hydrogen-bond donors (Lipinski definition) is 0. The first-order valence-electron chi connectivity index (χ1n) is 2.94. The molecule has 1 atom stereocenters. The molecule has 0 N–H and O–H groups in total. The zero-order chi connectivity index (χ0) is 8.20. The Morgan fingerprint density at radius 1 is 1.40 bits per heavy atom. The molecule has 0 fully saturated rings. The summed E-state index contributed by atoms with van der Waals surface area (Å²) < 4.78 is 36.5. The van der Waals surface area contributed by atoms with E-state index in [1.165, 1.54) is 6.92 Å². The van der Waals surface area contributed by atoms with E-state index in [1.807, 2.05) is 0 Å². The van der Waals surface area contributed by atoms with Gasteiger partial charge in [-0.15, -0.1) is 0 Å². The van der Waals surface area contributed by atoms with E-state index in [0.29, 0.717) is 0 Å². The maximum Gasteiger partial charge on any atom is 0.302 e. The Balaban J connectivity index is 4.21. The number of hydrogen-bond acceptors (Lipinski definition) is 4. The van der Waals surface area contributed by atoms with Gasteiger partial charge in [0, 0.05) is 0 Å². The molecular formula is C4H11O4PS. The van der Waals surface area contributed by atoms with Gasteiger partial charge in [0.15, 0.2) is 0 Å².